The second-order valence-electron chi connectivity index (χ2n) is 4.56. The smallest absolute Gasteiger partial charge is 0.225 e. The summed E-state index contributed by atoms with van der Waals surface area (Å²) >= 11 is 0. The minimum atomic E-state index is 0.0774. The lowest BCUT2D eigenvalue weighted by Crippen LogP contribution is -2.23. The van der Waals surface area contributed by atoms with Crippen LogP contribution in [0.4, 0.5) is 5.95 Å². The molecule has 0 saturated heterocycles. The van der Waals surface area contributed by atoms with E-state index in [1.165, 1.54) is 0 Å². The molecule has 0 amide bonds. The Balaban J connectivity index is 1.95. The summed E-state index contributed by atoms with van der Waals surface area (Å²) < 4.78 is 5.52. The van der Waals surface area contributed by atoms with Gasteiger partial charge in [0.05, 0.1) is 12.9 Å². The number of furan rings is 1. The number of aliphatic hydroxyl groups excluding tert-OH is 1. The Labute approximate surface area is 116 Å². The van der Waals surface area contributed by atoms with E-state index < -0.39 is 0 Å². The summed E-state index contributed by atoms with van der Waals surface area (Å²) in [5.74, 6) is 0.593. The Morgan fingerprint density at radius 2 is 1.95 bits per heavy atom. The molecular formula is C15H15N3O2. The molecule has 1 N–H and O–H groups in total. The van der Waals surface area contributed by atoms with E-state index in [1.54, 1.807) is 23.6 Å². The van der Waals surface area contributed by atoms with Crippen molar-refractivity contribution in [1.82, 2.24) is 9.97 Å². The lowest BCUT2D eigenvalue weighted by Gasteiger charge is -2.14. The minimum absolute atomic E-state index is 0.0774. The van der Waals surface area contributed by atoms with Crippen LogP contribution in [-0.2, 0) is 0 Å². The van der Waals surface area contributed by atoms with Crippen LogP contribution in [0.2, 0.25) is 0 Å². The summed E-state index contributed by atoms with van der Waals surface area (Å²) in [6.07, 6.45) is 5.27. The van der Waals surface area contributed by atoms with Crippen LogP contribution in [0.1, 0.15) is 0 Å². The molecule has 3 rings (SSSR count). The molecular weight excluding hydrogens is 254 g/mol. The second kappa shape index (κ2) is 5.30. The number of aromatic nitrogens is 2. The van der Waals surface area contributed by atoms with Crippen LogP contribution in [-0.4, -0.2) is 35.3 Å². The predicted molar refractivity (Wildman–Crippen MR) is 77.6 cm³/mol. The van der Waals surface area contributed by atoms with Gasteiger partial charge in [-0.2, -0.15) is 0 Å². The fourth-order valence-corrected chi connectivity index (χ4v) is 2.11. The maximum absolute atomic E-state index is 8.91. The lowest BCUT2D eigenvalue weighted by molar-refractivity contribution is 0.303. The fraction of sp³-hybridized carbons (Fsp3) is 0.200. The quantitative estimate of drug-likeness (QED) is 0.787. The summed E-state index contributed by atoms with van der Waals surface area (Å²) in [5, 5.41) is 9.96. The molecule has 0 radical (unpaired) electrons. The number of fused-ring (bicyclic) bond motifs is 1. The highest BCUT2D eigenvalue weighted by Crippen LogP contribution is 2.29. The third-order valence-electron chi connectivity index (χ3n) is 3.21. The van der Waals surface area contributed by atoms with E-state index in [0.717, 1.165) is 22.1 Å². The summed E-state index contributed by atoms with van der Waals surface area (Å²) in [6, 6.07) is 7.87. The van der Waals surface area contributed by atoms with Gasteiger partial charge in [0, 0.05) is 42.5 Å². The van der Waals surface area contributed by atoms with Gasteiger partial charge < -0.3 is 14.4 Å². The molecule has 0 fully saturated rings. The molecule has 0 aliphatic heterocycles. The van der Waals surface area contributed by atoms with Gasteiger partial charge in [0.2, 0.25) is 5.95 Å². The van der Waals surface area contributed by atoms with Crippen LogP contribution in [0.15, 0.2) is 47.3 Å². The Morgan fingerprint density at radius 1 is 1.20 bits per heavy atom. The highest BCUT2D eigenvalue weighted by Gasteiger charge is 2.09. The fourth-order valence-electron chi connectivity index (χ4n) is 2.11. The van der Waals surface area contributed by atoms with E-state index in [-0.39, 0.29) is 6.61 Å². The van der Waals surface area contributed by atoms with Crippen molar-refractivity contribution >= 4 is 16.9 Å². The lowest BCUT2D eigenvalue weighted by atomic mass is 10.1. The monoisotopic (exact) mass is 269 g/mol. The summed E-state index contributed by atoms with van der Waals surface area (Å²) in [6.45, 7) is 0.585. The second-order valence-corrected chi connectivity index (χ2v) is 4.56. The Hall–Kier alpha value is -2.40. The molecule has 0 spiro atoms. The van der Waals surface area contributed by atoms with Gasteiger partial charge >= 0.3 is 0 Å². The van der Waals surface area contributed by atoms with E-state index >= 15 is 0 Å². The molecule has 102 valence electrons. The Bertz CT molecular complexity index is 706. The van der Waals surface area contributed by atoms with Crippen molar-refractivity contribution in [2.75, 3.05) is 25.1 Å². The van der Waals surface area contributed by atoms with Gasteiger partial charge in [-0.25, -0.2) is 9.97 Å². The van der Waals surface area contributed by atoms with Crippen LogP contribution < -0.4 is 4.90 Å². The zero-order valence-electron chi connectivity index (χ0n) is 11.2. The topological polar surface area (TPSA) is 62.4 Å². The molecule has 0 unspecified atom stereocenters. The van der Waals surface area contributed by atoms with Gasteiger partial charge in [0.1, 0.15) is 5.58 Å². The van der Waals surface area contributed by atoms with Crippen molar-refractivity contribution in [1.29, 1.82) is 0 Å². The number of aliphatic hydroxyl groups is 1. The molecule has 0 aliphatic rings. The Morgan fingerprint density at radius 3 is 2.70 bits per heavy atom. The van der Waals surface area contributed by atoms with E-state index in [9.17, 15) is 0 Å². The maximum atomic E-state index is 8.91. The van der Waals surface area contributed by atoms with E-state index in [2.05, 4.69) is 9.97 Å². The summed E-state index contributed by atoms with van der Waals surface area (Å²) in [5.41, 5.74) is 2.75. The van der Waals surface area contributed by atoms with Gasteiger partial charge in [0.15, 0.2) is 0 Å². The van der Waals surface area contributed by atoms with Crippen LogP contribution in [0.5, 0.6) is 0 Å². The third kappa shape index (κ3) is 2.23. The first-order valence-electron chi connectivity index (χ1n) is 6.40. The van der Waals surface area contributed by atoms with Crippen molar-refractivity contribution in [2.45, 2.75) is 0 Å². The van der Waals surface area contributed by atoms with Gasteiger partial charge in [-0.1, -0.05) is 18.2 Å². The zero-order valence-corrected chi connectivity index (χ0v) is 11.2. The van der Waals surface area contributed by atoms with Crippen LogP contribution in [0.25, 0.3) is 22.1 Å². The summed E-state index contributed by atoms with van der Waals surface area (Å²) in [7, 11) is 1.85. The van der Waals surface area contributed by atoms with Crippen molar-refractivity contribution < 1.29 is 9.52 Å². The van der Waals surface area contributed by atoms with Gasteiger partial charge in [0.25, 0.3) is 0 Å². The number of para-hydroxylation sites is 1. The van der Waals surface area contributed by atoms with E-state index in [0.29, 0.717) is 12.5 Å². The van der Waals surface area contributed by atoms with Gasteiger partial charge in [-0.15, -0.1) is 0 Å². The zero-order chi connectivity index (χ0) is 13.9. The number of rotatable bonds is 4. The number of hydrogen-bond donors (Lipinski definition) is 1. The van der Waals surface area contributed by atoms with Crippen LogP contribution in [0.3, 0.4) is 0 Å². The highest BCUT2D eigenvalue weighted by atomic mass is 16.3. The number of benzene rings is 1. The number of anilines is 1. The number of nitrogens with zero attached hydrogens (tertiary/aromatic N) is 3. The molecule has 0 atom stereocenters. The van der Waals surface area contributed by atoms with E-state index in [4.69, 9.17) is 9.52 Å². The maximum Gasteiger partial charge on any atom is 0.225 e. The molecule has 2 heterocycles. The largest absolute Gasteiger partial charge is 0.464 e. The molecule has 5 heteroatoms. The van der Waals surface area contributed by atoms with Crippen LogP contribution in [0, 0.1) is 0 Å². The third-order valence-corrected chi connectivity index (χ3v) is 3.21. The van der Waals surface area contributed by atoms with Crippen molar-refractivity contribution in [3.05, 3.63) is 42.9 Å². The Kier molecular flexibility index (Phi) is 3.35. The first-order valence-corrected chi connectivity index (χ1v) is 6.40. The average molecular weight is 269 g/mol. The molecule has 0 saturated carbocycles. The van der Waals surface area contributed by atoms with Gasteiger partial charge in [-0.3, -0.25) is 0 Å². The number of likely N-dealkylation sites (N-methyl/N-ethyl adjacent to an activating group) is 1. The van der Waals surface area contributed by atoms with Crippen molar-refractivity contribution in [3.8, 4) is 11.1 Å². The number of hydrogen-bond acceptors (Lipinski definition) is 5. The molecule has 3 aromatic rings. The first kappa shape index (κ1) is 12.6. The standard InChI is InChI=1S/C15H15N3O2/c1-18(6-7-19)15-16-8-11(9-17-15)13-10-20-14-5-3-2-4-12(13)14/h2-5,8-10,19H,6-7H2,1H3. The molecule has 5 nitrogen and oxygen atoms in total. The van der Waals surface area contributed by atoms with Crippen molar-refractivity contribution in [3.63, 3.8) is 0 Å². The molecule has 1 aromatic carbocycles. The van der Waals surface area contributed by atoms with Crippen LogP contribution >= 0.6 is 0 Å². The normalized spacial score (nSPS) is 10.9. The highest BCUT2D eigenvalue weighted by molar-refractivity contribution is 5.93. The molecule has 2 aromatic heterocycles. The minimum Gasteiger partial charge on any atom is -0.464 e. The van der Waals surface area contributed by atoms with E-state index in [1.807, 2.05) is 31.3 Å². The molecule has 20 heavy (non-hydrogen) atoms. The first-order chi connectivity index (χ1) is 9.79. The summed E-state index contributed by atoms with van der Waals surface area (Å²) in [4.78, 5) is 10.4. The van der Waals surface area contributed by atoms with Gasteiger partial charge in [-0.05, 0) is 6.07 Å². The average Bonchev–Trinajstić information content (AvgIpc) is 2.92. The van der Waals surface area contributed by atoms with Crippen molar-refractivity contribution in [2.24, 2.45) is 0 Å². The predicted octanol–water partition coefficient (Wildman–Crippen LogP) is 2.32. The SMILES string of the molecule is CN(CCO)c1ncc(-c2coc3ccccc23)cn1. The molecule has 0 aliphatic carbocycles. The molecule has 0 bridgehead atoms.